The van der Waals surface area contributed by atoms with Crippen molar-refractivity contribution in [2.45, 2.75) is 187 Å². The Bertz CT molecular complexity index is 4950. The van der Waals surface area contributed by atoms with Crippen molar-refractivity contribution in [2.24, 2.45) is 0 Å². The molecule has 28 heteroatoms. The van der Waals surface area contributed by atoms with Gasteiger partial charge >= 0.3 is 0 Å². The second-order valence-electron chi connectivity index (χ2n) is 28.5. The van der Waals surface area contributed by atoms with Crippen LogP contribution in [-0.4, -0.2) is 154 Å². The number of para-hydroxylation sites is 1. The first-order chi connectivity index (χ1) is 50.2. The third-order valence-corrected chi connectivity index (χ3v) is 18.9. The van der Waals surface area contributed by atoms with Crippen molar-refractivity contribution in [3.05, 3.63) is 226 Å². The number of ether oxygens (including phenoxy) is 4. The normalized spacial score (nSPS) is 22.6. The first-order valence-electron chi connectivity index (χ1n) is 34.6. The maximum Gasteiger partial charge on any atom is 0.286 e. The van der Waals surface area contributed by atoms with E-state index in [1.807, 2.05) is 151 Å². The molecular weight excluding hydrogens is 1370 g/mol. The third-order valence-electron chi connectivity index (χ3n) is 18.9. The molecule has 4 saturated heterocycles. The van der Waals surface area contributed by atoms with E-state index in [0.29, 0.717) is 24.8 Å². The number of nitrogens with zero attached hydrogens (tertiary/aromatic N) is 8. The number of fused-ring (bicyclic) bond motifs is 4. The lowest BCUT2D eigenvalue weighted by molar-refractivity contribution is -0.385. The van der Waals surface area contributed by atoms with Crippen LogP contribution in [0, 0.1) is 71.4 Å². The Kier molecular flexibility index (Phi) is 26.2. The Morgan fingerprint density at radius 3 is 1.63 bits per heavy atom. The molecule has 0 bridgehead atoms. The first kappa shape index (κ1) is 80.6. The van der Waals surface area contributed by atoms with Gasteiger partial charge in [0.25, 0.3) is 22.5 Å². The van der Waals surface area contributed by atoms with Gasteiger partial charge in [0, 0.05) is 108 Å². The lowest BCUT2D eigenvalue weighted by atomic mass is 10.0. The van der Waals surface area contributed by atoms with Crippen molar-refractivity contribution < 1.29 is 78.4 Å². The van der Waals surface area contributed by atoms with E-state index in [9.17, 15) is 59.0 Å². The predicted molar refractivity (Wildman–Crippen MR) is 394 cm³/mol. The molecule has 14 rings (SSSR count). The van der Waals surface area contributed by atoms with Crippen molar-refractivity contribution in [1.29, 1.82) is 0 Å². The van der Waals surface area contributed by atoms with Gasteiger partial charge in [-0.2, -0.15) is 0 Å². The molecule has 26 nitrogen and oxygen atoms in total. The van der Waals surface area contributed by atoms with Gasteiger partial charge in [0.05, 0.1) is 107 Å². The lowest BCUT2D eigenvalue weighted by Crippen LogP contribution is -2.34. The summed E-state index contributed by atoms with van der Waals surface area (Å²) in [4.78, 5) is 49.7. The summed E-state index contributed by atoms with van der Waals surface area (Å²) < 4.78 is 57.4. The van der Waals surface area contributed by atoms with E-state index in [4.69, 9.17) is 39.4 Å². The number of imidazole rings is 1. The highest BCUT2D eigenvalue weighted by Gasteiger charge is 2.39. The lowest BCUT2D eigenvalue weighted by Gasteiger charge is -2.23. The highest BCUT2D eigenvalue weighted by molar-refractivity contribution is 5.90. The molecule has 566 valence electrons. The number of hydrogen-bond donors (Lipinski definition) is 8. The molecule has 4 fully saturated rings. The van der Waals surface area contributed by atoms with E-state index in [0.717, 1.165) is 71.8 Å². The van der Waals surface area contributed by atoms with Gasteiger partial charge in [0.15, 0.2) is 0 Å². The van der Waals surface area contributed by atoms with Crippen LogP contribution in [0.4, 0.5) is 20.2 Å². The molecule has 4 aliphatic heterocycles. The molecule has 0 saturated carbocycles. The van der Waals surface area contributed by atoms with Crippen LogP contribution < -0.4 is 11.1 Å². The number of aromatic nitrogens is 6. The number of aryl methyl sites for hydroxylation is 4. The van der Waals surface area contributed by atoms with E-state index < -0.39 is 82.6 Å². The van der Waals surface area contributed by atoms with Crippen molar-refractivity contribution in [1.82, 2.24) is 27.8 Å². The highest BCUT2D eigenvalue weighted by atomic mass is 19.1. The van der Waals surface area contributed by atoms with Crippen molar-refractivity contribution >= 4 is 54.9 Å². The van der Waals surface area contributed by atoms with Gasteiger partial charge in [-0.3, -0.25) is 29.8 Å². The van der Waals surface area contributed by atoms with Gasteiger partial charge in [-0.25, -0.2) is 13.8 Å². The number of rotatable bonds is 10. The first-order valence-corrected chi connectivity index (χ1v) is 34.6. The molecule has 12 atom stereocenters. The number of non-ortho nitro benzene ring substituents is 1. The summed E-state index contributed by atoms with van der Waals surface area (Å²) in [5, 5.41) is 100. The average Bonchev–Trinajstić information content (AvgIpc) is 0.899. The third kappa shape index (κ3) is 18.3. The molecular formula is C78H92F2N8O18. The van der Waals surface area contributed by atoms with E-state index >= 15 is 0 Å². The molecule has 5 aromatic heterocycles. The van der Waals surface area contributed by atoms with Crippen molar-refractivity contribution in [2.75, 3.05) is 26.4 Å². The molecule has 106 heavy (non-hydrogen) atoms. The number of aliphatic hydroxyl groups excluding tert-OH is 8. The molecule has 0 amide bonds. The Morgan fingerprint density at radius 2 is 1.07 bits per heavy atom. The second kappa shape index (κ2) is 34.4. The predicted octanol–water partition coefficient (Wildman–Crippen LogP) is 10.2. The topological polar surface area (TPSA) is 357 Å². The Balaban J connectivity index is 0.000000147. The van der Waals surface area contributed by atoms with Crippen molar-refractivity contribution in [3.8, 4) is 11.8 Å². The SMILES string of the molecule is CC#Cc1cn(C(C)(C)C)c(=O)c2c(C)cccc12.Cc1cc([C@H]2CC(O)[C@@H](CO)O2)c(F)cc1F.Cc1cccc2c1ncn2[C@H]1CC(O)[C@@H](CO)O1.Cc1cccc2ccn(C(C)(C)C)c(=O)c12.O=[N+]([O-])c1ccc2c(ccn2[C@H]2CC(O)[C@@H](CO)O2)c1.O=[N+]([O-])c1ccn([C@H]2CC(O)[C@@H](CO)O2)c1. The second-order valence-corrected chi connectivity index (χ2v) is 28.5. The summed E-state index contributed by atoms with van der Waals surface area (Å²) in [7, 11) is 0. The molecule has 10 aromatic rings. The number of aliphatic hydroxyl groups is 8. The molecule has 4 unspecified atom stereocenters. The minimum atomic E-state index is -0.824. The number of nitro benzene ring substituents is 1. The van der Waals surface area contributed by atoms with Crippen LogP contribution in [0.5, 0.6) is 0 Å². The summed E-state index contributed by atoms with van der Waals surface area (Å²) in [6.45, 7) is 20.5. The van der Waals surface area contributed by atoms with Gasteiger partial charge in [0.1, 0.15) is 54.7 Å². The molecule has 0 radical (unpaired) electrons. The van der Waals surface area contributed by atoms with Crippen LogP contribution in [0.25, 0.3) is 43.5 Å². The molecule has 4 aliphatic rings. The number of pyridine rings is 2. The fourth-order valence-corrected chi connectivity index (χ4v) is 13.1. The van der Waals surface area contributed by atoms with Gasteiger partial charge in [0.2, 0.25) is 0 Å². The monoisotopic (exact) mass is 1470 g/mol. The zero-order chi connectivity index (χ0) is 77.4. The summed E-state index contributed by atoms with van der Waals surface area (Å²) >= 11 is 0. The number of halogens is 2. The molecule has 8 N–H and O–H groups in total. The Morgan fingerprint density at radius 1 is 0.538 bits per heavy atom. The number of hydrogen-bond acceptors (Lipinski definition) is 19. The van der Waals surface area contributed by atoms with Gasteiger partial charge in [-0.05, 0) is 134 Å². The smallest absolute Gasteiger partial charge is 0.286 e. The van der Waals surface area contributed by atoms with Crippen LogP contribution in [0.1, 0.15) is 132 Å². The van der Waals surface area contributed by atoms with Crippen LogP contribution in [0.2, 0.25) is 0 Å². The molecule has 0 aliphatic carbocycles. The highest BCUT2D eigenvalue weighted by Crippen LogP contribution is 2.38. The fourth-order valence-electron chi connectivity index (χ4n) is 13.1. The average molecular weight is 1470 g/mol. The maximum absolute atomic E-state index is 13.6. The zero-order valence-electron chi connectivity index (χ0n) is 60.9. The molecule has 0 spiro atoms. The number of benzene rings is 5. The van der Waals surface area contributed by atoms with Gasteiger partial charge in [-0.15, -0.1) is 5.92 Å². The number of nitro groups is 2. The summed E-state index contributed by atoms with van der Waals surface area (Å²) in [6, 6.07) is 29.8. The summed E-state index contributed by atoms with van der Waals surface area (Å²) in [6.07, 6.45) is 4.46. The van der Waals surface area contributed by atoms with Crippen LogP contribution in [0.3, 0.4) is 0 Å². The largest absolute Gasteiger partial charge is 0.394 e. The molecule has 5 aromatic carbocycles. The molecule has 9 heterocycles. The quantitative estimate of drug-likeness (QED) is 0.0358. The van der Waals surface area contributed by atoms with Gasteiger partial charge < -0.3 is 82.6 Å². The van der Waals surface area contributed by atoms with Crippen molar-refractivity contribution in [3.63, 3.8) is 0 Å². The van der Waals surface area contributed by atoms with E-state index in [-0.39, 0.29) is 84.4 Å². The minimum Gasteiger partial charge on any atom is -0.394 e. The van der Waals surface area contributed by atoms with E-state index in [1.54, 1.807) is 33.8 Å². The minimum absolute atomic E-state index is 0.0226. The Hall–Kier alpha value is -9.45. The summed E-state index contributed by atoms with van der Waals surface area (Å²) in [5.41, 5.74) is 7.10. The summed E-state index contributed by atoms with van der Waals surface area (Å²) in [5.74, 6) is 4.74. The fraction of sp³-hybridized carbons (Fsp3) is 0.423. The van der Waals surface area contributed by atoms with E-state index in [1.165, 1.54) is 48.1 Å². The maximum atomic E-state index is 13.6. The van der Waals surface area contributed by atoms with Crippen LogP contribution >= 0.6 is 0 Å². The Labute approximate surface area is 609 Å². The van der Waals surface area contributed by atoms with Gasteiger partial charge in [-0.1, -0.05) is 54.5 Å². The zero-order valence-corrected chi connectivity index (χ0v) is 60.9. The van der Waals surface area contributed by atoms with Crippen LogP contribution in [0.15, 0.2) is 150 Å². The van der Waals surface area contributed by atoms with Crippen LogP contribution in [-0.2, 0) is 30.0 Å². The van der Waals surface area contributed by atoms with E-state index in [2.05, 4.69) is 16.8 Å². The standard InChI is InChI=1S/C17H19NO.C14H17NO.C13H14N2O5.C13H16N2O3.C12H14F2O3.C9H12N2O5/c1-6-8-13-11-18(17(3,4)5)16(19)15-12(2)9-7-10-14(13)15;1-10-6-5-7-11-8-9-15(14(2,3)4)13(16)12(10)11;16-7-12-11(17)6-13(20-12)14-4-3-8-5-9(15(18)19)1-2-10(8)14;1-8-3-2-4-9-13(8)14-7-15(9)12-5-10(17)11(6-16)18-12;1-6-2-7(9(14)3-8(6)13)11-4-10(16)12(5-15)17-11;12-5-8-7(13)3-9(16-8)10-2-1-6(4-10)11(14)15/h7,9-11H,1-5H3;5-9H,1-4H3;1-5,11-13,16-17H,6-7H2;2-4,7,10-12,16-17H,5-6H2,1H3;2-3,10-12,15-16H,4-5H2,1H3;1-2,4,7-9,12-13H,3,5H2/t;;11?,12-,13-;2*10?,11-,12-;7?,8-,9-/m..1111/s1.